The van der Waals surface area contributed by atoms with Gasteiger partial charge in [0.15, 0.2) is 5.82 Å². The van der Waals surface area contributed by atoms with Gasteiger partial charge < -0.3 is 9.64 Å². The highest BCUT2D eigenvalue weighted by atomic mass is 16.5. The summed E-state index contributed by atoms with van der Waals surface area (Å²) in [5.74, 6) is 0.893. The van der Waals surface area contributed by atoms with Crippen LogP contribution in [0.1, 0.15) is 11.3 Å². The van der Waals surface area contributed by atoms with E-state index in [-0.39, 0.29) is 0 Å². The Bertz CT molecular complexity index is 312. The van der Waals surface area contributed by atoms with Crippen LogP contribution in [0.15, 0.2) is 6.07 Å². The third-order valence-electron chi connectivity index (χ3n) is 2.15. The summed E-state index contributed by atoms with van der Waals surface area (Å²) < 4.78 is 5.34. The highest BCUT2D eigenvalue weighted by Crippen LogP contribution is 2.17. The van der Waals surface area contributed by atoms with E-state index in [1.54, 1.807) is 0 Å². The van der Waals surface area contributed by atoms with Crippen molar-refractivity contribution in [2.75, 3.05) is 25.6 Å². The van der Waals surface area contributed by atoms with Crippen molar-refractivity contribution in [3.05, 3.63) is 17.3 Å². The molecule has 0 unspecified atom stereocenters. The zero-order chi connectivity index (χ0) is 9.26. The molecule has 1 aliphatic heterocycles. The van der Waals surface area contributed by atoms with Gasteiger partial charge in [0.1, 0.15) is 0 Å². The standard InChI is InChI=1S/C9H13N3O/c1-12(2)9-5-7-6-13-4-3-8(7)10-11-9/h5H,3-4,6H2,1-2H3. The zero-order valence-corrected chi connectivity index (χ0v) is 7.95. The lowest BCUT2D eigenvalue weighted by atomic mass is 10.1. The Balaban J connectivity index is 2.35. The van der Waals surface area contributed by atoms with Gasteiger partial charge in [0.05, 0.1) is 18.9 Å². The Kier molecular flexibility index (Phi) is 2.14. The molecule has 0 amide bonds. The number of rotatable bonds is 1. The number of ether oxygens (including phenoxy) is 1. The minimum absolute atomic E-state index is 0.672. The Labute approximate surface area is 77.5 Å². The van der Waals surface area contributed by atoms with Gasteiger partial charge in [-0.1, -0.05) is 0 Å². The van der Waals surface area contributed by atoms with Crippen LogP contribution in [0.3, 0.4) is 0 Å². The Morgan fingerprint density at radius 3 is 3.00 bits per heavy atom. The molecule has 0 fully saturated rings. The average Bonchev–Trinajstić information content (AvgIpc) is 2.17. The third kappa shape index (κ3) is 1.62. The summed E-state index contributed by atoms with van der Waals surface area (Å²) in [4.78, 5) is 1.95. The highest BCUT2D eigenvalue weighted by Gasteiger charge is 2.12. The first-order chi connectivity index (χ1) is 6.27. The highest BCUT2D eigenvalue weighted by molar-refractivity contribution is 5.39. The van der Waals surface area contributed by atoms with Crippen LogP contribution in [0, 0.1) is 0 Å². The maximum Gasteiger partial charge on any atom is 0.151 e. The molecule has 0 saturated carbocycles. The molecule has 0 saturated heterocycles. The van der Waals surface area contributed by atoms with Crippen LogP contribution < -0.4 is 4.90 Å². The van der Waals surface area contributed by atoms with Crippen molar-refractivity contribution in [2.24, 2.45) is 0 Å². The van der Waals surface area contributed by atoms with Crippen molar-refractivity contribution < 1.29 is 4.74 Å². The van der Waals surface area contributed by atoms with E-state index in [0.29, 0.717) is 6.61 Å². The van der Waals surface area contributed by atoms with E-state index in [4.69, 9.17) is 4.74 Å². The molecule has 1 aliphatic rings. The fraction of sp³-hybridized carbons (Fsp3) is 0.556. The second-order valence-electron chi connectivity index (χ2n) is 3.37. The molecule has 0 bridgehead atoms. The van der Waals surface area contributed by atoms with E-state index in [1.807, 2.05) is 25.1 Å². The fourth-order valence-corrected chi connectivity index (χ4v) is 1.35. The minimum Gasteiger partial charge on any atom is -0.376 e. The molecule has 13 heavy (non-hydrogen) atoms. The largest absolute Gasteiger partial charge is 0.376 e. The van der Waals surface area contributed by atoms with E-state index >= 15 is 0 Å². The quantitative estimate of drug-likeness (QED) is 0.633. The summed E-state index contributed by atoms with van der Waals surface area (Å²) in [7, 11) is 3.92. The second-order valence-corrected chi connectivity index (χ2v) is 3.37. The summed E-state index contributed by atoms with van der Waals surface area (Å²) in [5.41, 5.74) is 2.25. The third-order valence-corrected chi connectivity index (χ3v) is 2.15. The van der Waals surface area contributed by atoms with Gasteiger partial charge in [0, 0.05) is 26.1 Å². The summed E-state index contributed by atoms with van der Waals surface area (Å²) in [6, 6.07) is 2.04. The molecule has 0 N–H and O–H groups in total. The van der Waals surface area contributed by atoms with Gasteiger partial charge in [-0.2, -0.15) is 5.10 Å². The van der Waals surface area contributed by atoms with E-state index in [9.17, 15) is 0 Å². The first kappa shape index (κ1) is 8.44. The van der Waals surface area contributed by atoms with Gasteiger partial charge in [0.25, 0.3) is 0 Å². The number of nitrogens with zero attached hydrogens (tertiary/aromatic N) is 3. The van der Waals surface area contributed by atoms with Gasteiger partial charge >= 0.3 is 0 Å². The van der Waals surface area contributed by atoms with Crippen molar-refractivity contribution in [2.45, 2.75) is 13.0 Å². The van der Waals surface area contributed by atoms with Crippen molar-refractivity contribution in [1.82, 2.24) is 10.2 Å². The van der Waals surface area contributed by atoms with Crippen LogP contribution >= 0.6 is 0 Å². The Morgan fingerprint density at radius 1 is 1.38 bits per heavy atom. The first-order valence-electron chi connectivity index (χ1n) is 4.38. The lowest BCUT2D eigenvalue weighted by molar-refractivity contribution is 0.109. The molecular weight excluding hydrogens is 166 g/mol. The van der Waals surface area contributed by atoms with Crippen LogP contribution in [0.25, 0.3) is 0 Å². The molecule has 0 spiro atoms. The van der Waals surface area contributed by atoms with Crippen molar-refractivity contribution >= 4 is 5.82 Å². The SMILES string of the molecule is CN(C)c1cc2c(nn1)CCOC2. The fourth-order valence-electron chi connectivity index (χ4n) is 1.35. The number of hydrogen-bond acceptors (Lipinski definition) is 4. The van der Waals surface area contributed by atoms with Crippen LogP contribution in [-0.2, 0) is 17.8 Å². The van der Waals surface area contributed by atoms with Crippen LogP contribution in [0.4, 0.5) is 5.82 Å². The Morgan fingerprint density at radius 2 is 2.23 bits per heavy atom. The van der Waals surface area contributed by atoms with E-state index in [1.165, 1.54) is 5.56 Å². The number of anilines is 1. The molecule has 70 valence electrons. The molecule has 1 aromatic rings. The number of aromatic nitrogens is 2. The maximum atomic E-state index is 5.34. The molecule has 4 nitrogen and oxygen atoms in total. The molecule has 2 heterocycles. The van der Waals surface area contributed by atoms with E-state index < -0.39 is 0 Å². The monoisotopic (exact) mass is 179 g/mol. The van der Waals surface area contributed by atoms with Gasteiger partial charge in [0.2, 0.25) is 0 Å². The normalized spacial score (nSPS) is 15.2. The molecule has 1 aromatic heterocycles. The topological polar surface area (TPSA) is 38.2 Å². The number of fused-ring (bicyclic) bond motifs is 1. The molecule has 0 aromatic carbocycles. The molecule has 0 atom stereocenters. The summed E-state index contributed by atoms with van der Waals surface area (Å²) in [5, 5.41) is 8.28. The summed E-state index contributed by atoms with van der Waals surface area (Å²) in [6.45, 7) is 1.44. The van der Waals surface area contributed by atoms with E-state index in [2.05, 4.69) is 10.2 Å². The average molecular weight is 179 g/mol. The van der Waals surface area contributed by atoms with Crippen LogP contribution in [-0.4, -0.2) is 30.9 Å². The predicted molar refractivity (Wildman–Crippen MR) is 49.7 cm³/mol. The second kappa shape index (κ2) is 3.30. The molecule has 4 heteroatoms. The van der Waals surface area contributed by atoms with Crippen LogP contribution in [0.5, 0.6) is 0 Å². The molecule has 0 aliphatic carbocycles. The smallest absolute Gasteiger partial charge is 0.151 e. The van der Waals surface area contributed by atoms with Crippen molar-refractivity contribution in [3.8, 4) is 0 Å². The van der Waals surface area contributed by atoms with Crippen molar-refractivity contribution in [1.29, 1.82) is 0 Å². The lowest BCUT2D eigenvalue weighted by Crippen LogP contribution is -2.17. The molecular formula is C9H13N3O. The lowest BCUT2D eigenvalue weighted by Gasteiger charge is -2.17. The predicted octanol–water partition coefficient (Wildman–Crippen LogP) is 0.615. The van der Waals surface area contributed by atoms with E-state index in [0.717, 1.165) is 24.5 Å². The first-order valence-corrected chi connectivity index (χ1v) is 4.38. The van der Waals surface area contributed by atoms with Crippen molar-refractivity contribution in [3.63, 3.8) is 0 Å². The van der Waals surface area contributed by atoms with Gasteiger partial charge in [-0.05, 0) is 6.07 Å². The summed E-state index contributed by atoms with van der Waals surface area (Å²) in [6.07, 6.45) is 0.885. The minimum atomic E-state index is 0.672. The van der Waals surface area contributed by atoms with Gasteiger partial charge in [-0.3, -0.25) is 0 Å². The zero-order valence-electron chi connectivity index (χ0n) is 7.95. The number of hydrogen-bond donors (Lipinski definition) is 0. The summed E-state index contributed by atoms with van der Waals surface area (Å²) >= 11 is 0. The molecule has 0 radical (unpaired) electrons. The maximum absolute atomic E-state index is 5.34. The molecule has 2 rings (SSSR count). The van der Waals surface area contributed by atoms with Crippen LogP contribution in [0.2, 0.25) is 0 Å². The van der Waals surface area contributed by atoms with Gasteiger partial charge in [-0.25, -0.2) is 0 Å². The van der Waals surface area contributed by atoms with Gasteiger partial charge in [-0.15, -0.1) is 5.10 Å². The Hall–Kier alpha value is -1.16.